The summed E-state index contributed by atoms with van der Waals surface area (Å²) in [6.45, 7) is 4.08. The maximum Gasteiger partial charge on any atom is 0.433 e. The lowest BCUT2D eigenvalue weighted by Crippen LogP contribution is -2.49. The van der Waals surface area contributed by atoms with Gasteiger partial charge in [0.15, 0.2) is 11.6 Å². The predicted molar refractivity (Wildman–Crippen MR) is 105 cm³/mol. The van der Waals surface area contributed by atoms with Crippen molar-refractivity contribution in [1.82, 2.24) is 20.1 Å². The Labute approximate surface area is 172 Å². The van der Waals surface area contributed by atoms with Gasteiger partial charge in [-0.05, 0) is 43.5 Å². The number of piperazine rings is 1. The molecule has 10 heteroatoms. The molecule has 0 radical (unpaired) electrons. The molecule has 0 N–H and O–H groups in total. The summed E-state index contributed by atoms with van der Waals surface area (Å²) in [4.78, 5) is 21.9. The summed E-state index contributed by atoms with van der Waals surface area (Å²) < 4.78 is 37.9. The van der Waals surface area contributed by atoms with Crippen LogP contribution in [0.25, 0.3) is 0 Å². The number of piperidine rings is 1. The Kier molecular flexibility index (Phi) is 5.74. The maximum absolute atomic E-state index is 12.6. The first-order valence-electron chi connectivity index (χ1n) is 10.1. The minimum absolute atomic E-state index is 0.155. The average Bonchev–Trinajstić information content (AvgIpc) is 2.79. The van der Waals surface area contributed by atoms with Gasteiger partial charge in [0.1, 0.15) is 5.69 Å². The van der Waals surface area contributed by atoms with Gasteiger partial charge in [-0.3, -0.25) is 9.78 Å². The first-order valence-corrected chi connectivity index (χ1v) is 10.1. The zero-order valence-electron chi connectivity index (χ0n) is 16.5. The van der Waals surface area contributed by atoms with E-state index in [1.807, 2.05) is 12.1 Å². The first-order chi connectivity index (χ1) is 14.4. The smallest absolute Gasteiger partial charge is 0.355 e. The van der Waals surface area contributed by atoms with E-state index in [0.29, 0.717) is 26.2 Å². The number of hydrogen-bond donors (Lipinski definition) is 0. The number of hydrogen-bond acceptors (Lipinski definition) is 6. The zero-order chi connectivity index (χ0) is 21.1. The summed E-state index contributed by atoms with van der Waals surface area (Å²) >= 11 is 0. The number of amides is 1. The molecule has 0 saturated carbocycles. The molecule has 4 heterocycles. The molecule has 2 aliphatic rings. The van der Waals surface area contributed by atoms with Crippen molar-refractivity contribution in [2.75, 3.05) is 49.1 Å². The fraction of sp³-hybridized carbons (Fsp3) is 0.500. The van der Waals surface area contributed by atoms with Gasteiger partial charge in [0.2, 0.25) is 0 Å². The summed E-state index contributed by atoms with van der Waals surface area (Å²) in [7, 11) is 0. The number of anilines is 2. The highest BCUT2D eigenvalue weighted by molar-refractivity contribution is 5.94. The van der Waals surface area contributed by atoms with Crippen LogP contribution in [-0.2, 0) is 6.18 Å². The molecule has 1 amide bonds. The topological polar surface area (TPSA) is 65.5 Å². The van der Waals surface area contributed by atoms with Gasteiger partial charge >= 0.3 is 6.18 Å². The average molecular weight is 420 g/mol. The van der Waals surface area contributed by atoms with Crippen molar-refractivity contribution in [2.24, 2.45) is 0 Å². The lowest BCUT2D eigenvalue weighted by Gasteiger charge is -2.35. The maximum atomic E-state index is 12.6. The fourth-order valence-corrected chi connectivity index (χ4v) is 3.79. The molecule has 2 saturated heterocycles. The zero-order valence-corrected chi connectivity index (χ0v) is 16.5. The highest BCUT2D eigenvalue weighted by atomic mass is 19.4. The Morgan fingerprint density at radius 2 is 1.40 bits per heavy atom. The number of alkyl halides is 3. The number of nitrogens with zero attached hydrogens (tertiary/aromatic N) is 6. The van der Waals surface area contributed by atoms with E-state index in [9.17, 15) is 18.0 Å². The molecule has 0 bridgehead atoms. The summed E-state index contributed by atoms with van der Waals surface area (Å²) in [5.41, 5.74) is -0.849. The molecule has 0 aliphatic carbocycles. The molecule has 0 atom stereocenters. The molecule has 2 aromatic rings. The second-order valence-corrected chi connectivity index (χ2v) is 7.51. The van der Waals surface area contributed by atoms with E-state index in [-0.39, 0.29) is 11.5 Å². The molecule has 0 spiro atoms. The molecule has 2 fully saturated rings. The standard InChI is InChI=1S/C20H23F3N6O/c21-20(22,23)16-5-4-15(14-24-16)19(30)29-12-10-28(11-13-29)18-7-6-17(25-26-18)27-8-2-1-3-9-27/h4-7,14H,1-3,8-13H2. The van der Waals surface area contributed by atoms with E-state index in [1.165, 1.54) is 25.3 Å². The molecule has 7 nitrogen and oxygen atoms in total. The van der Waals surface area contributed by atoms with E-state index >= 15 is 0 Å². The largest absolute Gasteiger partial charge is 0.433 e. The molecule has 2 aliphatic heterocycles. The van der Waals surface area contributed by atoms with Crippen molar-refractivity contribution in [3.63, 3.8) is 0 Å². The normalized spacial score (nSPS) is 17.9. The summed E-state index contributed by atoms with van der Waals surface area (Å²) in [5.74, 6) is 1.34. The number of rotatable bonds is 3. The quantitative estimate of drug-likeness (QED) is 0.761. The molecule has 0 aromatic carbocycles. The van der Waals surface area contributed by atoms with Gasteiger partial charge in [0.05, 0.1) is 5.56 Å². The van der Waals surface area contributed by atoms with Crippen LogP contribution in [0.4, 0.5) is 24.8 Å². The molecular weight excluding hydrogens is 397 g/mol. The van der Waals surface area contributed by atoms with Gasteiger partial charge in [-0.25, -0.2) is 0 Å². The van der Waals surface area contributed by atoms with Crippen molar-refractivity contribution >= 4 is 17.5 Å². The molecular formula is C20H23F3N6O. The molecule has 2 aromatic heterocycles. The van der Waals surface area contributed by atoms with Crippen LogP contribution in [-0.4, -0.2) is 65.3 Å². The van der Waals surface area contributed by atoms with Crippen molar-refractivity contribution in [1.29, 1.82) is 0 Å². The van der Waals surface area contributed by atoms with Crippen LogP contribution in [0.2, 0.25) is 0 Å². The Hall–Kier alpha value is -2.91. The van der Waals surface area contributed by atoms with Crippen LogP contribution in [0.3, 0.4) is 0 Å². The van der Waals surface area contributed by atoms with E-state index in [1.54, 1.807) is 4.90 Å². The van der Waals surface area contributed by atoms with Crippen LogP contribution >= 0.6 is 0 Å². The fourth-order valence-electron chi connectivity index (χ4n) is 3.79. The van der Waals surface area contributed by atoms with Crippen molar-refractivity contribution in [3.8, 4) is 0 Å². The number of halogens is 3. The Bertz CT molecular complexity index is 858. The van der Waals surface area contributed by atoms with Crippen LogP contribution in [0.5, 0.6) is 0 Å². The lowest BCUT2D eigenvalue weighted by molar-refractivity contribution is -0.141. The van der Waals surface area contributed by atoms with Crippen LogP contribution in [0.15, 0.2) is 30.5 Å². The van der Waals surface area contributed by atoms with Gasteiger partial charge in [0.25, 0.3) is 5.91 Å². The monoisotopic (exact) mass is 420 g/mol. The Balaban J connectivity index is 1.33. The second kappa shape index (κ2) is 8.45. The van der Waals surface area contributed by atoms with Crippen LogP contribution in [0.1, 0.15) is 35.3 Å². The SMILES string of the molecule is O=C(c1ccc(C(F)(F)F)nc1)N1CCN(c2ccc(N3CCCCC3)nn2)CC1. The van der Waals surface area contributed by atoms with Crippen LogP contribution < -0.4 is 9.80 Å². The third kappa shape index (κ3) is 4.47. The predicted octanol–water partition coefficient (Wildman–Crippen LogP) is 2.84. The molecule has 160 valence electrons. The third-order valence-electron chi connectivity index (χ3n) is 5.51. The highest BCUT2D eigenvalue weighted by Gasteiger charge is 2.32. The summed E-state index contributed by atoms with van der Waals surface area (Å²) in [6.07, 6.45) is 0.0788. The Morgan fingerprint density at radius 3 is 1.90 bits per heavy atom. The molecule has 4 rings (SSSR count). The number of carbonyl (C=O) groups is 1. The first kappa shape index (κ1) is 20.4. The summed E-state index contributed by atoms with van der Waals surface area (Å²) in [5, 5.41) is 8.71. The second-order valence-electron chi connectivity index (χ2n) is 7.51. The van der Waals surface area contributed by atoms with Crippen LogP contribution in [0, 0.1) is 0 Å². The van der Waals surface area contributed by atoms with E-state index in [4.69, 9.17) is 0 Å². The lowest BCUT2D eigenvalue weighted by atomic mass is 10.1. The highest BCUT2D eigenvalue weighted by Crippen LogP contribution is 2.27. The Morgan fingerprint density at radius 1 is 0.800 bits per heavy atom. The van der Waals surface area contributed by atoms with Crippen molar-refractivity contribution in [3.05, 3.63) is 41.7 Å². The van der Waals surface area contributed by atoms with E-state index < -0.39 is 11.9 Å². The van der Waals surface area contributed by atoms with Crippen molar-refractivity contribution in [2.45, 2.75) is 25.4 Å². The van der Waals surface area contributed by atoms with Gasteiger partial charge < -0.3 is 14.7 Å². The number of aromatic nitrogens is 3. The summed E-state index contributed by atoms with van der Waals surface area (Å²) in [6, 6.07) is 5.95. The molecule has 0 unspecified atom stereocenters. The minimum Gasteiger partial charge on any atom is -0.355 e. The van der Waals surface area contributed by atoms with Gasteiger partial charge in [-0.15, -0.1) is 10.2 Å². The number of carbonyl (C=O) groups excluding carboxylic acids is 1. The third-order valence-corrected chi connectivity index (χ3v) is 5.51. The number of pyridine rings is 1. The van der Waals surface area contributed by atoms with E-state index in [0.717, 1.165) is 37.0 Å². The molecule has 30 heavy (non-hydrogen) atoms. The minimum atomic E-state index is -4.52. The van der Waals surface area contributed by atoms with Gasteiger partial charge in [-0.1, -0.05) is 0 Å². The van der Waals surface area contributed by atoms with E-state index in [2.05, 4.69) is 25.0 Å². The van der Waals surface area contributed by atoms with Crippen molar-refractivity contribution < 1.29 is 18.0 Å². The van der Waals surface area contributed by atoms with Gasteiger partial charge in [0, 0.05) is 45.5 Å². The van der Waals surface area contributed by atoms with Gasteiger partial charge in [-0.2, -0.15) is 13.2 Å².